The Kier molecular flexibility index (Phi) is 3.96. The molecule has 0 aromatic carbocycles. The van der Waals surface area contributed by atoms with Crippen LogP contribution in [0.5, 0.6) is 0 Å². The lowest BCUT2D eigenvalue weighted by molar-refractivity contribution is -0.146. The van der Waals surface area contributed by atoms with Crippen molar-refractivity contribution in [2.24, 2.45) is 5.92 Å². The molecule has 0 unspecified atom stereocenters. The van der Waals surface area contributed by atoms with Gasteiger partial charge in [0.1, 0.15) is 0 Å². The molecular formula is C15H25N3O2. The maximum Gasteiger partial charge on any atom is 0.242 e. The van der Waals surface area contributed by atoms with Crippen LogP contribution in [0.2, 0.25) is 0 Å². The van der Waals surface area contributed by atoms with Gasteiger partial charge in [0, 0.05) is 25.6 Å². The monoisotopic (exact) mass is 279 g/mol. The smallest absolute Gasteiger partial charge is 0.242 e. The van der Waals surface area contributed by atoms with Crippen LogP contribution in [0.3, 0.4) is 0 Å². The molecule has 0 aromatic heterocycles. The number of piperidine rings is 1. The fraction of sp³-hybridized carbons (Fsp3) is 0.867. The van der Waals surface area contributed by atoms with E-state index in [2.05, 4.69) is 11.9 Å². The second kappa shape index (κ2) is 5.72. The summed E-state index contributed by atoms with van der Waals surface area (Å²) in [6, 6.07) is 0.480. The van der Waals surface area contributed by atoms with Gasteiger partial charge in [0.15, 0.2) is 0 Å². The number of hydrogen-bond donors (Lipinski definition) is 0. The van der Waals surface area contributed by atoms with Crippen molar-refractivity contribution in [1.82, 2.24) is 14.7 Å². The molecule has 3 rings (SSSR count). The van der Waals surface area contributed by atoms with E-state index in [-0.39, 0.29) is 11.8 Å². The molecule has 0 bridgehead atoms. The second-order valence-electron chi connectivity index (χ2n) is 6.58. The van der Waals surface area contributed by atoms with E-state index < -0.39 is 0 Å². The standard InChI is InChI=1S/C15H25N3O2/c1-16-6-4-12(5-7-16)10-14(19)17-8-9-18(13-2-3-13)15(20)11-17/h12-13H,2-11H2,1H3. The summed E-state index contributed by atoms with van der Waals surface area (Å²) in [6.45, 7) is 3.96. The number of nitrogens with zero attached hydrogens (tertiary/aromatic N) is 3. The van der Waals surface area contributed by atoms with Crippen LogP contribution in [-0.2, 0) is 9.59 Å². The van der Waals surface area contributed by atoms with Crippen molar-refractivity contribution < 1.29 is 9.59 Å². The molecule has 0 N–H and O–H groups in total. The predicted molar refractivity (Wildman–Crippen MR) is 76.2 cm³/mol. The minimum atomic E-state index is 0.149. The lowest BCUT2D eigenvalue weighted by Gasteiger charge is -2.36. The Morgan fingerprint density at radius 2 is 1.80 bits per heavy atom. The van der Waals surface area contributed by atoms with Crippen molar-refractivity contribution in [2.75, 3.05) is 39.8 Å². The lowest BCUT2D eigenvalue weighted by Crippen LogP contribution is -2.53. The van der Waals surface area contributed by atoms with Crippen LogP contribution in [0.1, 0.15) is 32.1 Å². The molecule has 20 heavy (non-hydrogen) atoms. The zero-order valence-corrected chi connectivity index (χ0v) is 12.4. The topological polar surface area (TPSA) is 43.9 Å². The summed E-state index contributed by atoms with van der Waals surface area (Å²) in [5.74, 6) is 0.842. The molecule has 112 valence electrons. The minimum Gasteiger partial charge on any atom is -0.336 e. The predicted octanol–water partition coefficient (Wildman–Crippen LogP) is 0.551. The van der Waals surface area contributed by atoms with Crippen molar-refractivity contribution in [3.05, 3.63) is 0 Å². The van der Waals surface area contributed by atoms with Gasteiger partial charge < -0.3 is 14.7 Å². The molecule has 1 saturated carbocycles. The van der Waals surface area contributed by atoms with Gasteiger partial charge in [-0.2, -0.15) is 0 Å². The molecule has 2 amide bonds. The van der Waals surface area contributed by atoms with Gasteiger partial charge in [-0.1, -0.05) is 0 Å². The molecule has 0 atom stereocenters. The van der Waals surface area contributed by atoms with E-state index in [9.17, 15) is 9.59 Å². The van der Waals surface area contributed by atoms with Crippen LogP contribution >= 0.6 is 0 Å². The first-order chi connectivity index (χ1) is 9.63. The van der Waals surface area contributed by atoms with Gasteiger partial charge in [-0.05, 0) is 51.7 Å². The van der Waals surface area contributed by atoms with Crippen molar-refractivity contribution in [1.29, 1.82) is 0 Å². The molecule has 3 aliphatic rings. The van der Waals surface area contributed by atoms with Crippen molar-refractivity contribution in [3.8, 4) is 0 Å². The fourth-order valence-corrected chi connectivity index (χ4v) is 3.31. The van der Waals surface area contributed by atoms with Gasteiger partial charge >= 0.3 is 0 Å². The van der Waals surface area contributed by atoms with E-state index in [0.717, 1.165) is 51.9 Å². The zero-order valence-electron chi connectivity index (χ0n) is 12.4. The number of rotatable bonds is 3. The second-order valence-corrected chi connectivity index (χ2v) is 6.58. The van der Waals surface area contributed by atoms with E-state index in [0.29, 0.717) is 24.9 Å². The van der Waals surface area contributed by atoms with Gasteiger partial charge in [0.25, 0.3) is 0 Å². The molecule has 5 nitrogen and oxygen atoms in total. The third-order valence-corrected chi connectivity index (χ3v) is 4.90. The molecule has 5 heteroatoms. The maximum atomic E-state index is 12.3. The van der Waals surface area contributed by atoms with Crippen molar-refractivity contribution >= 4 is 11.8 Å². The summed E-state index contributed by atoms with van der Waals surface area (Å²) in [5, 5.41) is 0. The average molecular weight is 279 g/mol. The maximum absolute atomic E-state index is 12.3. The van der Waals surface area contributed by atoms with Crippen molar-refractivity contribution in [3.63, 3.8) is 0 Å². The fourth-order valence-electron chi connectivity index (χ4n) is 3.31. The van der Waals surface area contributed by atoms with E-state index in [4.69, 9.17) is 0 Å². The molecule has 3 fully saturated rings. The van der Waals surface area contributed by atoms with Crippen LogP contribution in [0.4, 0.5) is 0 Å². The Hall–Kier alpha value is -1.10. The van der Waals surface area contributed by atoms with Crippen LogP contribution in [0, 0.1) is 5.92 Å². The van der Waals surface area contributed by atoms with Crippen molar-refractivity contribution in [2.45, 2.75) is 38.1 Å². The van der Waals surface area contributed by atoms with Gasteiger partial charge in [-0.25, -0.2) is 0 Å². The first-order valence-corrected chi connectivity index (χ1v) is 7.89. The molecule has 0 spiro atoms. The Balaban J connectivity index is 1.47. The number of hydrogen-bond acceptors (Lipinski definition) is 3. The van der Waals surface area contributed by atoms with Gasteiger partial charge in [0.05, 0.1) is 6.54 Å². The Morgan fingerprint density at radius 3 is 2.40 bits per heavy atom. The van der Waals surface area contributed by atoms with E-state index in [1.54, 1.807) is 4.90 Å². The highest BCUT2D eigenvalue weighted by Crippen LogP contribution is 2.28. The molecule has 0 radical (unpaired) electrons. The third-order valence-electron chi connectivity index (χ3n) is 4.90. The summed E-state index contributed by atoms with van der Waals surface area (Å²) in [7, 11) is 2.13. The number of piperazine rings is 1. The summed E-state index contributed by atoms with van der Waals surface area (Å²) in [4.78, 5) is 30.4. The normalized spacial score (nSPS) is 26.1. The van der Waals surface area contributed by atoms with Gasteiger partial charge in [-0.3, -0.25) is 9.59 Å². The Morgan fingerprint density at radius 1 is 1.10 bits per heavy atom. The van der Waals surface area contributed by atoms with Crippen LogP contribution < -0.4 is 0 Å². The first-order valence-electron chi connectivity index (χ1n) is 7.89. The summed E-state index contributed by atoms with van der Waals surface area (Å²) < 4.78 is 0. The highest BCUT2D eigenvalue weighted by atomic mass is 16.2. The summed E-state index contributed by atoms with van der Waals surface area (Å²) >= 11 is 0. The van der Waals surface area contributed by atoms with Gasteiger partial charge in [0.2, 0.25) is 11.8 Å². The highest BCUT2D eigenvalue weighted by molar-refractivity contribution is 5.86. The third kappa shape index (κ3) is 3.14. The molecule has 1 aliphatic carbocycles. The van der Waals surface area contributed by atoms with Crippen LogP contribution in [0.25, 0.3) is 0 Å². The van der Waals surface area contributed by atoms with E-state index >= 15 is 0 Å². The zero-order chi connectivity index (χ0) is 14.1. The van der Waals surface area contributed by atoms with Crippen LogP contribution in [0.15, 0.2) is 0 Å². The molecule has 2 aliphatic heterocycles. The SMILES string of the molecule is CN1CCC(CC(=O)N2CCN(C3CC3)C(=O)C2)CC1. The molecule has 2 heterocycles. The average Bonchev–Trinajstić information content (AvgIpc) is 3.25. The summed E-state index contributed by atoms with van der Waals surface area (Å²) in [6.07, 6.45) is 5.14. The molecule has 0 aromatic rings. The molecule has 2 saturated heterocycles. The number of amides is 2. The van der Waals surface area contributed by atoms with Crippen LogP contribution in [-0.4, -0.2) is 72.3 Å². The van der Waals surface area contributed by atoms with E-state index in [1.165, 1.54) is 0 Å². The van der Waals surface area contributed by atoms with E-state index in [1.807, 2.05) is 4.90 Å². The molecular weight excluding hydrogens is 254 g/mol. The Bertz CT molecular complexity index is 387. The minimum absolute atomic E-state index is 0.149. The highest BCUT2D eigenvalue weighted by Gasteiger charge is 2.37. The number of carbonyl (C=O) groups excluding carboxylic acids is 2. The largest absolute Gasteiger partial charge is 0.336 e. The first kappa shape index (κ1) is 13.9. The quantitative estimate of drug-likeness (QED) is 0.758. The Labute approximate surface area is 120 Å². The summed E-state index contributed by atoms with van der Waals surface area (Å²) in [5.41, 5.74) is 0. The van der Waals surface area contributed by atoms with Gasteiger partial charge in [-0.15, -0.1) is 0 Å². The lowest BCUT2D eigenvalue weighted by atomic mass is 9.93. The number of carbonyl (C=O) groups is 2. The number of likely N-dealkylation sites (tertiary alicyclic amines) is 1.